The topological polar surface area (TPSA) is 83.0 Å². The Morgan fingerprint density at radius 2 is 1.90 bits per heavy atom. The first-order chi connectivity index (χ1) is 15.2. The standard InChI is InChI=1S/C26H29NO4/c28-26(29)20(11-6-2-5-10-18-8-3-1-4-9-18)16-23(27-30)19-14-15-22-21-12-7-13-24(21)31-25(22)17-19/h1,3-4,8-9,14-15,17,20,30H,2,5-7,10-13,16H2,(H,28,29). The molecule has 0 radical (unpaired) electrons. The second-order valence-corrected chi connectivity index (χ2v) is 8.44. The Morgan fingerprint density at radius 3 is 2.68 bits per heavy atom. The minimum absolute atomic E-state index is 0.205. The van der Waals surface area contributed by atoms with Gasteiger partial charge < -0.3 is 14.7 Å². The van der Waals surface area contributed by atoms with Crippen LogP contribution in [0, 0.1) is 5.92 Å². The molecule has 31 heavy (non-hydrogen) atoms. The van der Waals surface area contributed by atoms with Crippen LogP contribution in [-0.4, -0.2) is 22.0 Å². The molecule has 0 fully saturated rings. The van der Waals surface area contributed by atoms with E-state index in [2.05, 4.69) is 17.3 Å². The van der Waals surface area contributed by atoms with Crippen LogP contribution >= 0.6 is 0 Å². The number of unbranched alkanes of at least 4 members (excludes halogenated alkanes) is 2. The lowest BCUT2D eigenvalue weighted by Crippen LogP contribution is -2.19. The molecule has 5 nitrogen and oxygen atoms in total. The highest BCUT2D eigenvalue weighted by atomic mass is 16.4. The van der Waals surface area contributed by atoms with Gasteiger partial charge in [0.05, 0.1) is 11.6 Å². The summed E-state index contributed by atoms with van der Waals surface area (Å²) in [6, 6.07) is 16.1. The number of carbonyl (C=O) groups is 1. The molecule has 2 aromatic carbocycles. The first-order valence-corrected chi connectivity index (χ1v) is 11.2. The molecule has 1 aliphatic rings. The van der Waals surface area contributed by atoms with Crippen molar-refractivity contribution in [3.63, 3.8) is 0 Å². The first-order valence-electron chi connectivity index (χ1n) is 11.2. The van der Waals surface area contributed by atoms with Gasteiger partial charge in [-0.25, -0.2) is 0 Å². The van der Waals surface area contributed by atoms with E-state index in [-0.39, 0.29) is 6.42 Å². The Morgan fingerprint density at radius 1 is 1.06 bits per heavy atom. The van der Waals surface area contributed by atoms with Crippen molar-refractivity contribution >= 4 is 22.7 Å². The lowest BCUT2D eigenvalue weighted by Gasteiger charge is -2.13. The summed E-state index contributed by atoms with van der Waals surface area (Å²) in [5.41, 5.74) is 4.50. The van der Waals surface area contributed by atoms with Crippen molar-refractivity contribution in [2.75, 3.05) is 0 Å². The van der Waals surface area contributed by atoms with Crippen molar-refractivity contribution in [2.24, 2.45) is 11.1 Å². The van der Waals surface area contributed by atoms with Gasteiger partial charge in [0, 0.05) is 29.4 Å². The number of hydrogen-bond acceptors (Lipinski definition) is 4. The molecule has 0 saturated heterocycles. The van der Waals surface area contributed by atoms with Gasteiger partial charge in [0.25, 0.3) is 0 Å². The summed E-state index contributed by atoms with van der Waals surface area (Å²) in [7, 11) is 0. The van der Waals surface area contributed by atoms with Gasteiger partial charge in [-0.1, -0.05) is 60.5 Å². The van der Waals surface area contributed by atoms with Crippen LogP contribution in [0.2, 0.25) is 0 Å². The largest absolute Gasteiger partial charge is 0.481 e. The van der Waals surface area contributed by atoms with Gasteiger partial charge in [0.1, 0.15) is 11.3 Å². The van der Waals surface area contributed by atoms with E-state index in [0.29, 0.717) is 12.1 Å². The minimum Gasteiger partial charge on any atom is -0.481 e. The molecule has 0 saturated carbocycles. The Balaban J connectivity index is 1.35. The molecular formula is C26H29NO4. The van der Waals surface area contributed by atoms with E-state index in [1.807, 2.05) is 36.4 Å². The summed E-state index contributed by atoms with van der Waals surface area (Å²) < 4.78 is 5.97. The Hall–Kier alpha value is -3.08. The number of carboxylic acid groups (broad SMARTS) is 1. The van der Waals surface area contributed by atoms with Crippen molar-refractivity contribution in [1.82, 2.24) is 0 Å². The fraction of sp³-hybridized carbons (Fsp3) is 0.385. The third-order valence-corrected chi connectivity index (χ3v) is 6.31. The van der Waals surface area contributed by atoms with Gasteiger partial charge in [0.2, 0.25) is 0 Å². The van der Waals surface area contributed by atoms with Crippen LogP contribution in [0.25, 0.3) is 11.0 Å². The van der Waals surface area contributed by atoms with Crippen molar-refractivity contribution in [2.45, 2.75) is 57.8 Å². The number of fused-ring (bicyclic) bond motifs is 3. The summed E-state index contributed by atoms with van der Waals surface area (Å²) >= 11 is 0. The molecule has 3 aromatic rings. The number of rotatable bonds is 10. The molecule has 0 spiro atoms. The van der Waals surface area contributed by atoms with Crippen molar-refractivity contribution in [1.29, 1.82) is 0 Å². The van der Waals surface area contributed by atoms with Crippen LogP contribution in [0.1, 0.15) is 61.0 Å². The number of nitrogens with zero attached hydrogens (tertiary/aromatic N) is 1. The van der Waals surface area contributed by atoms with Crippen molar-refractivity contribution < 1.29 is 19.5 Å². The number of carboxylic acids is 1. The molecule has 4 rings (SSSR count). The van der Waals surface area contributed by atoms with E-state index in [0.717, 1.165) is 67.2 Å². The van der Waals surface area contributed by atoms with Crippen LogP contribution in [-0.2, 0) is 24.1 Å². The fourth-order valence-electron chi connectivity index (χ4n) is 4.59. The third kappa shape index (κ3) is 4.98. The fourth-order valence-corrected chi connectivity index (χ4v) is 4.59. The quantitative estimate of drug-likeness (QED) is 0.183. The number of aliphatic carboxylic acids is 1. The minimum atomic E-state index is -0.845. The lowest BCUT2D eigenvalue weighted by molar-refractivity contribution is -0.141. The van der Waals surface area contributed by atoms with Crippen LogP contribution in [0.3, 0.4) is 0 Å². The maximum Gasteiger partial charge on any atom is 0.306 e. The van der Waals surface area contributed by atoms with Gasteiger partial charge in [-0.05, 0) is 43.7 Å². The highest BCUT2D eigenvalue weighted by Crippen LogP contribution is 2.33. The molecule has 0 amide bonds. The second kappa shape index (κ2) is 9.82. The predicted octanol–water partition coefficient (Wildman–Crippen LogP) is 5.99. The number of oxime groups is 1. The average Bonchev–Trinajstić information content (AvgIpc) is 3.37. The molecule has 162 valence electrons. The summed E-state index contributed by atoms with van der Waals surface area (Å²) in [6.07, 6.45) is 7.77. The summed E-state index contributed by atoms with van der Waals surface area (Å²) in [5, 5.41) is 23.9. The third-order valence-electron chi connectivity index (χ3n) is 6.31. The molecular weight excluding hydrogens is 390 g/mol. The normalized spacial score (nSPS) is 14.6. The van der Waals surface area contributed by atoms with Gasteiger partial charge in [0.15, 0.2) is 0 Å². The summed E-state index contributed by atoms with van der Waals surface area (Å²) in [5.74, 6) is -0.365. The molecule has 5 heteroatoms. The van der Waals surface area contributed by atoms with Gasteiger partial charge in [-0.15, -0.1) is 0 Å². The molecule has 2 N–H and O–H groups in total. The van der Waals surface area contributed by atoms with E-state index in [1.165, 1.54) is 11.1 Å². The van der Waals surface area contributed by atoms with E-state index < -0.39 is 11.9 Å². The van der Waals surface area contributed by atoms with Crippen molar-refractivity contribution in [3.05, 3.63) is 71.0 Å². The van der Waals surface area contributed by atoms with Crippen LogP contribution in [0.15, 0.2) is 58.1 Å². The van der Waals surface area contributed by atoms with E-state index >= 15 is 0 Å². The summed E-state index contributed by atoms with van der Waals surface area (Å²) in [4.78, 5) is 11.8. The number of hydrogen-bond donors (Lipinski definition) is 2. The first kappa shape index (κ1) is 21.2. The maximum absolute atomic E-state index is 11.8. The predicted molar refractivity (Wildman–Crippen MR) is 121 cm³/mol. The Bertz CT molecular complexity index is 1070. The zero-order valence-corrected chi connectivity index (χ0v) is 17.7. The SMILES string of the molecule is O=C(O)C(CCCCCc1ccccc1)CC(=NO)c1ccc2c3c(oc2c1)CCC3. The Labute approximate surface area is 182 Å². The van der Waals surface area contributed by atoms with Crippen LogP contribution < -0.4 is 0 Å². The number of aryl methyl sites for hydroxylation is 3. The zero-order valence-electron chi connectivity index (χ0n) is 17.7. The number of furan rings is 1. The second-order valence-electron chi connectivity index (χ2n) is 8.44. The summed E-state index contributed by atoms with van der Waals surface area (Å²) in [6.45, 7) is 0. The monoisotopic (exact) mass is 419 g/mol. The van der Waals surface area contributed by atoms with Crippen LogP contribution in [0.5, 0.6) is 0 Å². The van der Waals surface area contributed by atoms with Gasteiger partial charge >= 0.3 is 5.97 Å². The molecule has 1 aliphatic carbocycles. The average molecular weight is 420 g/mol. The van der Waals surface area contributed by atoms with E-state index in [9.17, 15) is 15.1 Å². The molecule has 1 aromatic heterocycles. The zero-order chi connectivity index (χ0) is 21.6. The van der Waals surface area contributed by atoms with E-state index in [1.54, 1.807) is 0 Å². The van der Waals surface area contributed by atoms with Gasteiger partial charge in [-0.2, -0.15) is 0 Å². The van der Waals surface area contributed by atoms with Crippen LogP contribution in [0.4, 0.5) is 0 Å². The Kier molecular flexibility index (Phi) is 6.70. The molecule has 0 bridgehead atoms. The molecule has 1 heterocycles. The maximum atomic E-state index is 11.8. The highest BCUT2D eigenvalue weighted by Gasteiger charge is 2.23. The molecule has 1 atom stereocenters. The van der Waals surface area contributed by atoms with Gasteiger partial charge in [-0.3, -0.25) is 4.79 Å². The number of benzene rings is 2. The van der Waals surface area contributed by atoms with Crippen molar-refractivity contribution in [3.8, 4) is 0 Å². The van der Waals surface area contributed by atoms with E-state index in [4.69, 9.17) is 4.42 Å². The molecule has 1 unspecified atom stereocenters. The smallest absolute Gasteiger partial charge is 0.306 e. The molecule has 0 aliphatic heterocycles. The highest BCUT2D eigenvalue weighted by molar-refractivity contribution is 6.04. The lowest BCUT2D eigenvalue weighted by atomic mass is 9.92.